The number of nitrogens with two attached hydrogens (primary N) is 1. The molecule has 4 nitrogen and oxygen atoms in total. The minimum Gasteiger partial charge on any atom is -0.369 e. The highest BCUT2D eigenvalue weighted by atomic mass is 16.2. The van der Waals surface area contributed by atoms with Gasteiger partial charge in [-0.1, -0.05) is 42.5 Å². The molecule has 118 valence electrons. The Morgan fingerprint density at radius 2 is 1.61 bits per heavy atom. The van der Waals surface area contributed by atoms with Gasteiger partial charge in [0, 0.05) is 18.7 Å². The molecular weight excluding hydrogens is 288 g/mol. The Morgan fingerprint density at radius 3 is 2.22 bits per heavy atom. The summed E-state index contributed by atoms with van der Waals surface area (Å²) in [5.74, 6) is -0.682. The van der Waals surface area contributed by atoms with E-state index in [2.05, 4.69) is 0 Å². The molecule has 3 rings (SSSR count). The monoisotopic (exact) mass is 308 g/mol. The maximum Gasteiger partial charge on any atom is 0.229 e. The minimum atomic E-state index is -0.470. The number of piperidine rings is 1. The number of anilines is 1. The number of hydrogen-bond donors (Lipinski definition) is 1. The summed E-state index contributed by atoms with van der Waals surface area (Å²) in [5, 5.41) is 0. The molecule has 0 aliphatic carbocycles. The van der Waals surface area contributed by atoms with Gasteiger partial charge in [0.05, 0.1) is 5.92 Å². The van der Waals surface area contributed by atoms with E-state index in [1.54, 1.807) is 0 Å². The summed E-state index contributed by atoms with van der Waals surface area (Å²) in [4.78, 5) is 25.7. The second kappa shape index (κ2) is 6.65. The number of nitrogens with zero attached hydrogens (tertiary/aromatic N) is 1. The second-order valence-corrected chi connectivity index (χ2v) is 5.84. The fourth-order valence-electron chi connectivity index (χ4n) is 3.09. The van der Waals surface area contributed by atoms with Crippen molar-refractivity contribution in [2.75, 3.05) is 11.4 Å². The van der Waals surface area contributed by atoms with E-state index >= 15 is 0 Å². The number of carbonyl (C=O) groups excluding carboxylic acids is 2. The molecule has 1 saturated heterocycles. The van der Waals surface area contributed by atoms with Crippen molar-refractivity contribution in [1.82, 2.24) is 0 Å². The molecule has 0 bridgehead atoms. The first-order chi connectivity index (χ1) is 11.2. The Kier molecular flexibility index (Phi) is 4.42. The average Bonchev–Trinajstić information content (AvgIpc) is 2.57. The molecule has 0 radical (unpaired) electrons. The third-order valence-corrected chi connectivity index (χ3v) is 4.28. The highest BCUT2D eigenvalue weighted by Gasteiger charge is 2.22. The molecule has 2 aromatic carbocycles. The van der Waals surface area contributed by atoms with E-state index in [-0.39, 0.29) is 11.8 Å². The van der Waals surface area contributed by atoms with Gasteiger partial charge in [0.1, 0.15) is 0 Å². The lowest BCUT2D eigenvalue weighted by Gasteiger charge is -2.27. The smallest absolute Gasteiger partial charge is 0.229 e. The molecule has 0 spiro atoms. The van der Waals surface area contributed by atoms with Crippen molar-refractivity contribution >= 4 is 17.5 Å². The van der Waals surface area contributed by atoms with E-state index in [4.69, 9.17) is 5.73 Å². The van der Waals surface area contributed by atoms with Gasteiger partial charge in [0.2, 0.25) is 11.8 Å². The Labute approximate surface area is 135 Å². The number of amides is 2. The fourth-order valence-corrected chi connectivity index (χ4v) is 3.09. The van der Waals surface area contributed by atoms with Crippen LogP contribution in [0.5, 0.6) is 0 Å². The van der Waals surface area contributed by atoms with Gasteiger partial charge >= 0.3 is 0 Å². The Morgan fingerprint density at radius 1 is 0.957 bits per heavy atom. The summed E-state index contributed by atoms with van der Waals surface area (Å²) < 4.78 is 0. The van der Waals surface area contributed by atoms with Crippen LogP contribution in [-0.2, 0) is 9.59 Å². The van der Waals surface area contributed by atoms with Crippen LogP contribution in [0.1, 0.15) is 36.3 Å². The maximum absolute atomic E-state index is 12.0. The third kappa shape index (κ3) is 3.26. The standard InChI is InChI=1S/C19H20N2O2/c20-19(23)18(14-6-2-1-3-7-14)15-9-11-16(12-10-15)21-13-5-4-8-17(21)22/h1-3,6-7,9-12,18H,4-5,8,13H2,(H2,20,23). The number of rotatable bonds is 4. The van der Waals surface area contributed by atoms with Crippen LogP contribution in [0.25, 0.3) is 0 Å². The minimum absolute atomic E-state index is 0.165. The molecule has 1 aliphatic rings. The third-order valence-electron chi connectivity index (χ3n) is 4.28. The van der Waals surface area contributed by atoms with E-state index in [0.717, 1.165) is 36.2 Å². The van der Waals surface area contributed by atoms with Crippen LogP contribution in [-0.4, -0.2) is 18.4 Å². The predicted molar refractivity (Wildman–Crippen MR) is 90.1 cm³/mol. The lowest BCUT2D eigenvalue weighted by Crippen LogP contribution is -2.35. The van der Waals surface area contributed by atoms with Crippen molar-refractivity contribution in [3.63, 3.8) is 0 Å². The summed E-state index contributed by atoms with van der Waals surface area (Å²) in [5.41, 5.74) is 8.21. The number of hydrogen-bond acceptors (Lipinski definition) is 2. The zero-order valence-electron chi connectivity index (χ0n) is 12.9. The van der Waals surface area contributed by atoms with E-state index in [1.165, 1.54) is 0 Å². The topological polar surface area (TPSA) is 63.4 Å². The predicted octanol–water partition coefficient (Wildman–Crippen LogP) is 2.82. The molecule has 23 heavy (non-hydrogen) atoms. The Balaban J connectivity index is 1.88. The zero-order chi connectivity index (χ0) is 16.2. The number of benzene rings is 2. The molecule has 2 N–H and O–H groups in total. The highest BCUT2D eigenvalue weighted by molar-refractivity contribution is 5.94. The molecule has 1 atom stereocenters. The van der Waals surface area contributed by atoms with Crippen LogP contribution in [0, 0.1) is 0 Å². The summed E-state index contributed by atoms with van der Waals surface area (Å²) in [6, 6.07) is 17.1. The number of primary amides is 1. The van der Waals surface area contributed by atoms with Gasteiger partial charge in [-0.15, -0.1) is 0 Å². The highest BCUT2D eigenvalue weighted by Crippen LogP contribution is 2.27. The quantitative estimate of drug-likeness (QED) is 0.944. The molecule has 2 aromatic rings. The SMILES string of the molecule is NC(=O)C(c1ccccc1)c1ccc(N2CCCCC2=O)cc1. The molecular formula is C19H20N2O2. The first-order valence-electron chi connectivity index (χ1n) is 7.91. The van der Waals surface area contributed by atoms with Crippen molar-refractivity contribution in [2.45, 2.75) is 25.2 Å². The summed E-state index contributed by atoms with van der Waals surface area (Å²) in [7, 11) is 0. The van der Waals surface area contributed by atoms with Crippen molar-refractivity contribution in [2.24, 2.45) is 5.73 Å². The van der Waals surface area contributed by atoms with E-state index in [1.807, 2.05) is 59.5 Å². The fraction of sp³-hybridized carbons (Fsp3) is 0.263. The van der Waals surface area contributed by atoms with Gasteiger partial charge in [-0.05, 0) is 36.1 Å². The van der Waals surface area contributed by atoms with Gasteiger partial charge in [-0.3, -0.25) is 9.59 Å². The second-order valence-electron chi connectivity index (χ2n) is 5.84. The zero-order valence-corrected chi connectivity index (χ0v) is 12.9. The lowest BCUT2D eigenvalue weighted by molar-refractivity contribution is -0.120. The first kappa shape index (κ1) is 15.3. The average molecular weight is 308 g/mol. The molecule has 4 heteroatoms. The molecule has 0 aromatic heterocycles. The Hall–Kier alpha value is -2.62. The van der Waals surface area contributed by atoms with Gasteiger partial charge in [-0.25, -0.2) is 0 Å². The van der Waals surface area contributed by atoms with Crippen molar-refractivity contribution in [1.29, 1.82) is 0 Å². The number of carbonyl (C=O) groups is 2. The van der Waals surface area contributed by atoms with Crippen LogP contribution >= 0.6 is 0 Å². The van der Waals surface area contributed by atoms with Gasteiger partial charge in [0.15, 0.2) is 0 Å². The summed E-state index contributed by atoms with van der Waals surface area (Å²) in [6.07, 6.45) is 2.60. The molecule has 1 unspecified atom stereocenters. The largest absolute Gasteiger partial charge is 0.369 e. The van der Waals surface area contributed by atoms with Crippen molar-refractivity contribution in [3.05, 3.63) is 65.7 Å². The van der Waals surface area contributed by atoms with Crippen LogP contribution < -0.4 is 10.6 Å². The summed E-state index contributed by atoms with van der Waals surface area (Å²) >= 11 is 0. The first-order valence-corrected chi connectivity index (χ1v) is 7.91. The summed E-state index contributed by atoms with van der Waals surface area (Å²) in [6.45, 7) is 0.760. The van der Waals surface area contributed by atoms with Crippen LogP contribution in [0.3, 0.4) is 0 Å². The molecule has 1 aliphatic heterocycles. The van der Waals surface area contributed by atoms with Crippen LogP contribution in [0.2, 0.25) is 0 Å². The Bertz CT molecular complexity index is 695. The van der Waals surface area contributed by atoms with E-state index in [9.17, 15) is 9.59 Å². The normalized spacial score (nSPS) is 16.2. The van der Waals surface area contributed by atoms with Crippen LogP contribution in [0.4, 0.5) is 5.69 Å². The molecule has 1 heterocycles. The lowest BCUT2D eigenvalue weighted by atomic mass is 9.90. The maximum atomic E-state index is 12.0. The van der Waals surface area contributed by atoms with Crippen molar-refractivity contribution < 1.29 is 9.59 Å². The van der Waals surface area contributed by atoms with Gasteiger partial charge < -0.3 is 10.6 Å². The molecule has 0 saturated carbocycles. The van der Waals surface area contributed by atoms with Crippen LogP contribution in [0.15, 0.2) is 54.6 Å². The molecule has 2 amide bonds. The van der Waals surface area contributed by atoms with Crippen molar-refractivity contribution in [3.8, 4) is 0 Å². The van der Waals surface area contributed by atoms with Gasteiger partial charge in [0.25, 0.3) is 0 Å². The molecule has 1 fully saturated rings. The van der Waals surface area contributed by atoms with E-state index < -0.39 is 5.92 Å². The van der Waals surface area contributed by atoms with Gasteiger partial charge in [-0.2, -0.15) is 0 Å². The van der Waals surface area contributed by atoms with E-state index in [0.29, 0.717) is 6.42 Å².